The summed E-state index contributed by atoms with van der Waals surface area (Å²) in [5, 5.41) is 10.3. The van der Waals surface area contributed by atoms with Gasteiger partial charge in [0.05, 0.1) is 41.2 Å². The summed E-state index contributed by atoms with van der Waals surface area (Å²) in [6.45, 7) is 10.1. The molecule has 1 aliphatic heterocycles. The maximum absolute atomic E-state index is 14.5. The molecular formula is C25H30F2N6O2. The lowest BCUT2D eigenvalue weighted by Gasteiger charge is -2.30. The number of benzene rings is 1. The predicted octanol–water partition coefficient (Wildman–Crippen LogP) is 4.15. The lowest BCUT2D eigenvalue weighted by molar-refractivity contribution is -0.122. The summed E-state index contributed by atoms with van der Waals surface area (Å²) in [6.07, 6.45) is 3.20. The van der Waals surface area contributed by atoms with Crippen molar-refractivity contribution in [3.05, 3.63) is 65.7 Å². The molecule has 1 fully saturated rings. The molecule has 8 nitrogen and oxygen atoms in total. The summed E-state index contributed by atoms with van der Waals surface area (Å²) >= 11 is 0. The van der Waals surface area contributed by atoms with E-state index >= 15 is 0 Å². The maximum Gasteiger partial charge on any atom is 0.229 e. The zero-order valence-electron chi connectivity index (χ0n) is 20.4. The van der Waals surface area contributed by atoms with Crippen LogP contribution < -0.4 is 10.6 Å². The average Bonchev–Trinajstić information content (AvgIpc) is 3.40. The largest absolute Gasteiger partial charge is 0.373 e. The highest BCUT2D eigenvalue weighted by atomic mass is 19.1. The van der Waals surface area contributed by atoms with Gasteiger partial charge in [0.25, 0.3) is 0 Å². The first kappa shape index (κ1) is 24.7. The van der Waals surface area contributed by atoms with E-state index in [1.165, 1.54) is 18.2 Å². The smallest absolute Gasteiger partial charge is 0.229 e. The van der Waals surface area contributed by atoms with E-state index in [4.69, 9.17) is 4.74 Å². The normalized spacial score (nSPS) is 19.9. The number of hydrogen-bond donors (Lipinski definition) is 2. The number of ether oxygens (including phenoxy) is 1. The fraction of sp³-hybridized carbons (Fsp3) is 0.440. The minimum Gasteiger partial charge on any atom is -0.373 e. The number of anilines is 1. The standard InChI is InChI=1S/C25H30F2N6O2/c1-14(16-11-29-33(13-16)18-8-6-17(26)7-9-18)30-24-31-20(10-21(27)32-24)22-19(12-28-23(22)34)15(2)35-25(3,4)5/h6-11,13-15,19,22H,12H2,1-5H3,(H,28,34)(H,30,31,32)/t14-,15+,19?,22+/m0/s1. The van der Waals surface area contributed by atoms with Crippen molar-refractivity contribution < 1.29 is 18.3 Å². The summed E-state index contributed by atoms with van der Waals surface area (Å²) in [5.41, 5.74) is 1.43. The van der Waals surface area contributed by atoms with Gasteiger partial charge in [-0.1, -0.05) is 0 Å². The predicted molar refractivity (Wildman–Crippen MR) is 127 cm³/mol. The van der Waals surface area contributed by atoms with Crippen LogP contribution in [0.25, 0.3) is 5.69 Å². The molecule has 2 N–H and O–H groups in total. The van der Waals surface area contributed by atoms with Crippen molar-refractivity contribution in [1.82, 2.24) is 25.1 Å². The van der Waals surface area contributed by atoms with Crippen molar-refractivity contribution >= 4 is 11.9 Å². The van der Waals surface area contributed by atoms with Gasteiger partial charge in [-0.05, 0) is 58.9 Å². The Labute approximate surface area is 203 Å². The summed E-state index contributed by atoms with van der Waals surface area (Å²) in [4.78, 5) is 21.0. The highest BCUT2D eigenvalue weighted by Crippen LogP contribution is 2.34. The third-order valence-corrected chi connectivity index (χ3v) is 5.94. The molecule has 0 bridgehead atoms. The number of amides is 1. The van der Waals surface area contributed by atoms with E-state index in [0.717, 1.165) is 5.56 Å². The Balaban J connectivity index is 1.53. The second kappa shape index (κ2) is 9.69. The van der Waals surface area contributed by atoms with Crippen molar-refractivity contribution in [1.29, 1.82) is 0 Å². The fourth-order valence-corrected chi connectivity index (χ4v) is 4.31. The third kappa shape index (κ3) is 5.82. The Morgan fingerprint density at radius 2 is 1.89 bits per heavy atom. The van der Waals surface area contributed by atoms with Gasteiger partial charge in [-0.15, -0.1) is 0 Å². The lowest BCUT2D eigenvalue weighted by Crippen LogP contribution is -2.34. The van der Waals surface area contributed by atoms with Crippen LogP contribution in [0.3, 0.4) is 0 Å². The van der Waals surface area contributed by atoms with E-state index in [-0.39, 0.29) is 41.3 Å². The lowest BCUT2D eigenvalue weighted by atomic mass is 9.88. The SMILES string of the molecule is C[C@H](Nc1nc(F)cc([C@@H]2C(=O)NCC2[C@@H](C)OC(C)(C)C)n1)c1cnn(-c2ccc(F)cc2)c1. The van der Waals surface area contributed by atoms with Crippen LogP contribution in [0.2, 0.25) is 0 Å². The van der Waals surface area contributed by atoms with Gasteiger partial charge in [0.1, 0.15) is 5.82 Å². The molecule has 1 aliphatic rings. The summed E-state index contributed by atoms with van der Waals surface area (Å²) in [7, 11) is 0. The number of nitrogens with one attached hydrogen (secondary N) is 2. The maximum atomic E-state index is 14.5. The highest BCUT2D eigenvalue weighted by Gasteiger charge is 2.42. The molecule has 2 aromatic heterocycles. The molecule has 3 heterocycles. The molecule has 1 unspecified atom stereocenters. The zero-order chi connectivity index (χ0) is 25.3. The summed E-state index contributed by atoms with van der Waals surface area (Å²) < 4.78 is 35.4. The molecule has 0 spiro atoms. The van der Waals surface area contributed by atoms with Gasteiger partial charge in [-0.3, -0.25) is 4.79 Å². The first-order chi connectivity index (χ1) is 16.5. The second-order valence-electron chi connectivity index (χ2n) is 9.82. The number of hydrogen-bond acceptors (Lipinski definition) is 6. The Hall–Kier alpha value is -3.40. The van der Waals surface area contributed by atoms with Gasteiger partial charge < -0.3 is 15.4 Å². The number of carbonyl (C=O) groups is 1. The molecule has 1 saturated heterocycles. The van der Waals surface area contributed by atoms with Crippen LogP contribution in [0, 0.1) is 17.7 Å². The van der Waals surface area contributed by atoms with E-state index in [0.29, 0.717) is 17.9 Å². The Morgan fingerprint density at radius 3 is 2.57 bits per heavy atom. The molecule has 10 heteroatoms. The number of halogens is 2. The quantitative estimate of drug-likeness (QED) is 0.490. The molecule has 186 valence electrons. The molecule has 0 aliphatic carbocycles. The van der Waals surface area contributed by atoms with Crippen LogP contribution >= 0.6 is 0 Å². The molecule has 4 rings (SSSR count). The first-order valence-electron chi connectivity index (χ1n) is 11.6. The van der Waals surface area contributed by atoms with Crippen LogP contribution in [-0.2, 0) is 9.53 Å². The van der Waals surface area contributed by atoms with Gasteiger partial charge in [0, 0.05) is 30.3 Å². The van der Waals surface area contributed by atoms with Gasteiger partial charge >= 0.3 is 0 Å². The molecule has 1 aromatic carbocycles. The van der Waals surface area contributed by atoms with Crippen molar-refractivity contribution in [3.8, 4) is 5.69 Å². The Kier molecular flexibility index (Phi) is 6.84. The summed E-state index contributed by atoms with van der Waals surface area (Å²) in [5.74, 6) is -2.04. The van der Waals surface area contributed by atoms with Crippen molar-refractivity contribution in [2.45, 2.75) is 58.3 Å². The molecule has 0 radical (unpaired) electrons. The van der Waals surface area contributed by atoms with E-state index in [1.54, 1.807) is 29.2 Å². The first-order valence-corrected chi connectivity index (χ1v) is 11.6. The van der Waals surface area contributed by atoms with Crippen molar-refractivity contribution in [3.63, 3.8) is 0 Å². The van der Waals surface area contributed by atoms with Crippen LogP contribution in [0.5, 0.6) is 0 Å². The van der Waals surface area contributed by atoms with Crippen molar-refractivity contribution in [2.75, 3.05) is 11.9 Å². The average molecular weight is 485 g/mol. The molecular weight excluding hydrogens is 454 g/mol. The monoisotopic (exact) mass is 484 g/mol. The van der Waals surface area contributed by atoms with E-state index < -0.39 is 11.9 Å². The van der Waals surface area contributed by atoms with Gasteiger partial charge in [0.2, 0.25) is 17.8 Å². The number of aromatic nitrogens is 4. The molecule has 1 amide bonds. The minimum absolute atomic E-state index is 0.0740. The Morgan fingerprint density at radius 1 is 1.17 bits per heavy atom. The van der Waals surface area contributed by atoms with Crippen molar-refractivity contribution in [2.24, 2.45) is 5.92 Å². The van der Waals surface area contributed by atoms with Crippen LogP contribution in [-0.4, -0.2) is 43.9 Å². The van der Waals surface area contributed by atoms with Crippen LogP contribution in [0.4, 0.5) is 14.7 Å². The minimum atomic E-state index is -0.727. The zero-order valence-corrected chi connectivity index (χ0v) is 20.4. The van der Waals surface area contributed by atoms with Crippen LogP contribution in [0.15, 0.2) is 42.7 Å². The summed E-state index contributed by atoms with van der Waals surface area (Å²) in [6, 6.07) is 6.87. The Bertz CT molecular complexity index is 1190. The van der Waals surface area contributed by atoms with E-state index in [1.807, 2.05) is 34.6 Å². The van der Waals surface area contributed by atoms with E-state index in [2.05, 4.69) is 25.7 Å². The number of nitrogens with zero attached hydrogens (tertiary/aromatic N) is 4. The van der Waals surface area contributed by atoms with Gasteiger partial charge in [0.15, 0.2) is 0 Å². The van der Waals surface area contributed by atoms with Gasteiger partial charge in [-0.2, -0.15) is 14.5 Å². The highest BCUT2D eigenvalue weighted by molar-refractivity contribution is 5.86. The molecule has 4 atom stereocenters. The molecule has 0 saturated carbocycles. The number of carbonyl (C=O) groups excluding carboxylic acids is 1. The number of rotatable bonds is 7. The molecule has 35 heavy (non-hydrogen) atoms. The topological polar surface area (TPSA) is 94.0 Å². The van der Waals surface area contributed by atoms with Crippen LogP contribution in [0.1, 0.15) is 57.8 Å². The second-order valence-corrected chi connectivity index (χ2v) is 9.82. The fourth-order valence-electron chi connectivity index (χ4n) is 4.31. The van der Waals surface area contributed by atoms with Gasteiger partial charge in [-0.25, -0.2) is 14.1 Å². The van der Waals surface area contributed by atoms with E-state index in [9.17, 15) is 13.6 Å². The molecule has 3 aromatic rings. The third-order valence-electron chi connectivity index (χ3n) is 5.94.